The van der Waals surface area contributed by atoms with Gasteiger partial charge in [-0.25, -0.2) is 0 Å². The number of hydrogen-bond donors (Lipinski definition) is 1. The molecule has 0 radical (unpaired) electrons. The standard InChI is InChI=1S/C23H35NO2/c1-16(2)26-19-7-6-17(8-20(19)25-5)12-24-23-11-18-9-21(3,14-23)13-22(4,10-18)15-23/h6-8,16,18,24H,9-15H2,1-5H3. The SMILES string of the molecule is COc1cc(CNC23CC4CC(C)(CC(C)(C4)C2)C3)ccc1OC(C)C. The van der Waals surface area contributed by atoms with Crippen LogP contribution in [0.15, 0.2) is 18.2 Å². The van der Waals surface area contributed by atoms with E-state index in [-0.39, 0.29) is 6.10 Å². The van der Waals surface area contributed by atoms with Gasteiger partial charge in [-0.2, -0.15) is 0 Å². The first-order valence-electron chi connectivity index (χ1n) is 10.3. The molecule has 0 saturated heterocycles. The van der Waals surface area contributed by atoms with Crippen molar-refractivity contribution < 1.29 is 9.47 Å². The Bertz CT molecular complexity index is 665. The third-order valence-electron chi connectivity index (χ3n) is 6.88. The Balaban J connectivity index is 1.49. The minimum absolute atomic E-state index is 0.154. The summed E-state index contributed by atoms with van der Waals surface area (Å²) in [6.45, 7) is 10.1. The van der Waals surface area contributed by atoms with Crippen LogP contribution in [0.2, 0.25) is 0 Å². The van der Waals surface area contributed by atoms with Crippen molar-refractivity contribution in [1.82, 2.24) is 5.32 Å². The highest BCUT2D eigenvalue weighted by atomic mass is 16.5. The molecule has 4 aliphatic rings. The van der Waals surface area contributed by atoms with E-state index in [4.69, 9.17) is 9.47 Å². The third-order valence-corrected chi connectivity index (χ3v) is 6.88. The summed E-state index contributed by atoms with van der Waals surface area (Å²) >= 11 is 0. The summed E-state index contributed by atoms with van der Waals surface area (Å²) in [5.41, 5.74) is 2.72. The number of benzene rings is 1. The van der Waals surface area contributed by atoms with Crippen LogP contribution in [0.1, 0.15) is 71.8 Å². The Hall–Kier alpha value is -1.22. The topological polar surface area (TPSA) is 30.5 Å². The molecule has 2 atom stereocenters. The molecule has 5 rings (SSSR count). The summed E-state index contributed by atoms with van der Waals surface area (Å²) in [6.07, 6.45) is 8.53. The van der Waals surface area contributed by atoms with E-state index in [0.29, 0.717) is 16.4 Å². The Morgan fingerprint density at radius 3 is 2.31 bits per heavy atom. The van der Waals surface area contributed by atoms with Crippen LogP contribution in [-0.2, 0) is 6.54 Å². The molecular formula is C23H35NO2. The molecule has 1 aromatic carbocycles. The van der Waals surface area contributed by atoms with Crippen molar-refractivity contribution in [2.75, 3.05) is 7.11 Å². The minimum atomic E-state index is 0.154. The summed E-state index contributed by atoms with van der Waals surface area (Å²) in [7, 11) is 1.72. The number of methoxy groups -OCH3 is 1. The average molecular weight is 358 g/mol. The van der Waals surface area contributed by atoms with Crippen LogP contribution in [0.4, 0.5) is 0 Å². The normalized spacial score (nSPS) is 38.0. The quantitative estimate of drug-likeness (QED) is 0.747. The van der Waals surface area contributed by atoms with Crippen LogP contribution in [0.25, 0.3) is 0 Å². The van der Waals surface area contributed by atoms with Crippen molar-refractivity contribution >= 4 is 0 Å². The smallest absolute Gasteiger partial charge is 0.161 e. The maximum Gasteiger partial charge on any atom is 0.161 e. The molecule has 4 bridgehead atoms. The van der Waals surface area contributed by atoms with Gasteiger partial charge in [-0.3, -0.25) is 0 Å². The van der Waals surface area contributed by atoms with Gasteiger partial charge in [0.2, 0.25) is 0 Å². The first-order valence-corrected chi connectivity index (χ1v) is 10.3. The van der Waals surface area contributed by atoms with E-state index < -0.39 is 0 Å². The van der Waals surface area contributed by atoms with Crippen molar-refractivity contribution in [3.8, 4) is 11.5 Å². The number of rotatable bonds is 6. The van der Waals surface area contributed by atoms with Gasteiger partial charge in [0.25, 0.3) is 0 Å². The molecule has 1 N–H and O–H groups in total. The number of ether oxygens (including phenoxy) is 2. The van der Waals surface area contributed by atoms with E-state index >= 15 is 0 Å². The maximum absolute atomic E-state index is 5.85. The molecule has 1 aromatic rings. The summed E-state index contributed by atoms with van der Waals surface area (Å²) in [5.74, 6) is 2.59. The lowest BCUT2D eigenvalue weighted by molar-refractivity contribution is -0.118. The molecule has 0 aliphatic heterocycles. The van der Waals surface area contributed by atoms with Crippen molar-refractivity contribution in [3.05, 3.63) is 23.8 Å². The van der Waals surface area contributed by atoms with Crippen molar-refractivity contribution in [2.24, 2.45) is 16.7 Å². The fraction of sp³-hybridized carbons (Fsp3) is 0.739. The molecule has 3 heteroatoms. The molecule has 3 nitrogen and oxygen atoms in total. The predicted octanol–water partition coefficient (Wildman–Crippen LogP) is 5.32. The van der Waals surface area contributed by atoms with E-state index in [1.54, 1.807) is 7.11 Å². The summed E-state index contributed by atoms with van der Waals surface area (Å²) < 4.78 is 11.4. The zero-order valence-corrected chi connectivity index (χ0v) is 17.2. The van der Waals surface area contributed by atoms with Gasteiger partial charge in [0, 0.05) is 12.1 Å². The zero-order chi connectivity index (χ0) is 18.6. The predicted molar refractivity (Wildman–Crippen MR) is 106 cm³/mol. The third kappa shape index (κ3) is 3.35. The largest absolute Gasteiger partial charge is 0.493 e. The van der Waals surface area contributed by atoms with Gasteiger partial charge >= 0.3 is 0 Å². The van der Waals surface area contributed by atoms with Crippen LogP contribution in [-0.4, -0.2) is 18.8 Å². The zero-order valence-electron chi connectivity index (χ0n) is 17.2. The lowest BCUT2D eigenvalue weighted by Gasteiger charge is -2.65. The van der Waals surface area contributed by atoms with Crippen molar-refractivity contribution in [1.29, 1.82) is 0 Å². The monoisotopic (exact) mass is 357 g/mol. The molecule has 0 spiro atoms. The Labute approximate surface area is 158 Å². The maximum atomic E-state index is 5.85. The average Bonchev–Trinajstić information content (AvgIpc) is 2.50. The minimum Gasteiger partial charge on any atom is -0.493 e. The Kier molecular flexibility index (Phi) is 4.30. The van der Waals surface area contributed by atoms with Gasteiger partial charge in [-0.05, 0) is 86.8 Å². The fourth-order valence-corrected chi connectivity index (χ4v) is 7.11. The molecule has 0 heterocycles. The second-order valence-electron chi connectivity index (χ2n) is 10.4. The van der Waals surface area contributed by atoms with Gasteiger partial charge in [-0.15, -0.1) is 0 Å². The van der Waals surface area contributed by atoms with Gasteiger partial charge in [-0.1, -0.05) is 19.9 Å². The Morgan fingerprint density at radius 2 is 1.73 bits per heavy atom. The van der Waals surface area contributed by atoms with Crippen LogP contribution in [0.3, 0.4) is 0 Å². The molecule has 4 saturated carbocycles. The highest BCUT2D eigenvalue weighted by Gasteiger charge is 2.59. The molecule has 4 fully saturated rings. The summed E-state index contributed by atoms with van der Waals surface area (Å²) in [6, 6.07) is 6.37. The second-order valence-corrected chi connectivity index (χ2v) is 10.4. The highest BCUT2D eigenvalue weighted by molar-refractivity contribution is 5.43. The summed E-state index contributed by atoms with van der Waals surface area (Å²) in [5, 5.41) is 4.01. The molecule has 26 heavy (non-hydrogen) atoms. The lowest BCUT2D eigenvalue weighted by Crippen LogP contribution is -2.63. The molecule has 2 unspecified atom stereocenters. The van der Waals surface area contributed by atoms with Crippen LogP contribution >= 0.6 is 0 Å². The van der Waals surface area contributed by atoms with Gasteiger partial charge in [0.15, 0.2) is 11.5 Å². The van der Waals surface area contributed by atoms with Crippen molar-refractivity contribution in [2.45, 2.75) is 84.4 Å². The molecule has 4 aliphatic carbocycles. The van der Waals surface area contributed by atoms with Gasteiger partial charge in [0.1, 0.15) is 0 Å². The van der Waals surface area contributed by atoms with E-state index in [9.17, 15) is 0 Å². The summed E-state index contributed by atoms with van der Waals surface area (Å²) in [4.78, 5) is 0. The fourth-order valence-electron chi connectivity index (χ4n) is 7.11. The molecular weight excluding hydrogens is 322 g/mol. The van der Waals surface area contributed by atoms with E-state index in [2.05, 4.69) is 37.4 Å². The van der Waals surface area contributed by atoms with Gasteiger partial charge in [0.05, 0.1) is 13.2 Å². The van der Waals surface area contributed by atoms with E-state index in [0.717, 1.165) is 24.0 Å². The number of hydrogen-bond acceptors (Lipinski definition) is 3. The second kappa shape index (κ2) is 6.15. The first-order chi connectivity index (χ1) is 12.2. The number of nitrogens with one attached hydrogen (secondary N) is 1. The van der Waals surface area contributed by atoms with Gasteiger partial charge < -0.3 is 14.8 Å². The molecule has 0 amide bonds. The first kappa shape index (κ1) is 18.2. The van der Waals surface area contributed by atoms with Crippen molar-refractivity contribution in [3.63, 3.8) is 0 Å². The van der Waals surface area contributed by atoms with Crippen LogP contribution in [0, 0.1) is 16.7 Å². The van der Waals surface area contributed by atoms with Crippen LogP contribution in [0.5, 0.6) is 11.5 Å². The molecule has 0 aromatic heterocycles. The Morgan fingerprint density at radius 1 is 1.04 bits per heavy atom. The highest BCUT2D eigenvalue weighted by Crippen LogP contribution is 2.66. The van der Waals surface area contributed by atoms with E-state index in [1.165, 1.54) is 44.1 Å². The lowest BCUT2D eigenvalue weighted by atomic mass is 9.43. The van der Waals surface area contributed by atoms with E-state index in [1.807, 2.05) is 13.8 Å². The molecule has 144 valence electrons. The van der Waals surface area contributed by atoms with Crippen LogP contribution < -0.4 is 14.8 Å².